The first-order valence-corrected chi connectivity index (χ1v) is 3.18. The van der Waals surface area contributed by atoms with Gasteiger partial charge in [-0.05, 0) is 0 Å². The molecule has 0 saturated heterocycles. The fourth-order valence-corrected chi connectivity index (χ4v) is 0.805. The monoisotopic (exact) mass is 200 g/mol. The van der Waals surface area contributed by atoms with E-state index in [1.807, 2.05) is 0 Å². The minimum atomic E-state index is -5.58. The third kappa shape index (κ3) is 1.50. The van der Waals surface area contributed by atoms with Crippen LogP contribution in [0.4, 0.5) is 22.0 Å². The lowest BCUT2D eigenvalue weighted by molar-refractivity contribution is -0.291. The number of rotatable bonds is 1. The zero-order valence-electron chi connectivity index (χ0n) is 6.44. The third-order valence-corrected chi connectivity index (χ3v) is 1.49. The molecule has 0 radical (unpaired) electrons. The summed E-state index contributed by atoms with van der Waals surface area (Å²) >= 11 is 0. The van der Waals surface area contributed by atoms with Gasteiger partial charge in [0.15, 0.2) is 0 Å². The number of alkyl halides is 5. The van der Waals surface area contributed by atoms with Crippen LogP contribution in [0.25, 0.3) is 0 Å². The number of hydrogen-bond donors (Lipinski definition) is 0. The van der Waals surface area contributed by atoms with E-state index in [0.717, 1.165) is 13.4 Å². The Kier molecular flexibility index (Phi) is 2.05. The van der Waals surface area contributed by atoms with Crippen molar-refractivity contribution in [3.8, 4) is 0 Å². The van der Waals surface area contributed by atoms with E-state index in [9.17, 15) is 22.0 Å². The number of halogens is 5. The highest BCUT2D eigenvalue weighted by Crippen LogP contribution is 2.43. The smallest absolute Gasteiger partial charge is 0.332 e. The van der Waals surface area contributed by atoms with Gasteiger partial charge in [0.05, 0.1) is 12.5 Å². The summed E-state index contributed by atoms with van der Waals surface area (Å²) in [6.07, 6.45) is -4.21. The molecule has 1 aromatic heterocycles. The average Bonchev–Trinajstić information content (AvgIpc) is 2.32. The van der Waals surface area contributed by atoms with Gasteiger partial charge in [-0.15, -0.1) is 0 Å². The number of hydrogen-bond acceptors (Lipinski definition) is 1. The highest BCUT2D eigenvalue weighted by Gasteiger charge is 2.60. The number of aromatic nitrogens is 2. The largest absolute Gasteiger partial charge is 0.459 e. The van der Waals surface area contributed by atoms with Crippen molar-refractivity contribution >= 4 is 0 Å². The second kappa shape index (κ2) is 2.68. The highest BCUT2D eigenvalue weighted by atomic mass is 19.4. The molecule has 0 unspecified atom stereocenters. The topological polar surface area (TPSA) is 17.8 Å². The molecule has 0 fully saturated rings. The van der Waals surface area contributed by atoms with Crippen LogP contribution in [-0.4, -0.2) is 15.7 Å². The first-order valence-electron chi connectivity index (χ1n) is 3.18. The lowest BCUT2D eigenvalue weighted by Crippen LogP contribution is -2.35. The molecule has 0 N–H and O–H groups in total. The Morgan fingerprint density at radius 2 is 1.77 bits per heavy atom. The summed E-state index contributed by atoms with van der Waals surface area (Å²) in [6.45, 7) is 0. The molecule has 0 aromatic carbocycles. The Hall–Kier alpha value is -1.14. The van der Waals surface area contributed by atoms with Crippen LogP contribution < -0.4 is 0 Å². The molecule has 0 aliphatic carbocycles. The van der Waals surface area contributed by atoms with Crippen molar-refractivity contribution in [3.05, 3.63) is 18.2 Å². The summed E-state index contributed by atoms with van der Waals surface area (Å²) < 4.78 is 61.1. The highest BCUT2D eigenvalue weighted by molar-refractivity contribution is 5.08. The Morgan fingerprint density at radius 1 is 1.23 bits per heavy atom. The molecule has 0 aliphatic heterocycles. The summed E-state index contributed by atoms with van der Waals surface area (Å²) in [4.78, 5) is 3.18. The van der Waals surface area contributed by atoms with E-state index in [2.05, 4.69) is 4.98 Å². The lowest BCUT2D eigenvalue weighted by Gasteiger charge is -2.19. The van der Waals surface area contributed by atoms with Crippen molar-refractivity contribution in [2.45, 2.75) is 12.1 Å². The minimum Gasteiger partial charge on any atom is -0.332 e. The van der Waals surface area contributed by atoms with Crippen molar-refractivity contribution in [1.29, 1.82) is 0 Å². The zero-order chi connectivity index (χ0) is 10.3. The van der Waals surface area contributed by atoms with Crippen molar-refractivity contribution < 1.29 is 22.0 Å². The van der Waals surface area contributed by atoms with E-state index < -0.39 is 17.8 Å². The Morgan fingerprint density at radius 3 is 2.08 bits per heavy atom. The molecule has 0 atom stereocenters. The maximum Gasteiger partial charge on any atom is 0.459 e. The van der Waals surface area contributed by atoms with Crippen LogP contribution in [0.3, 0.4) is 0 Å². The second-order valence-electron chi connectivity index (χ2n) is 2.46. The van der Waals surface area contributed by atoms with E-state index in [-0.39, 0.29) is 0 Å². The minimum absolute atomic E-state index is 0.494. The molecule has 7 heteroatoms. The summed E-state index contributed by atoms with van der Waals surface area (Å²) in [7, 11) is 1.07. The summed E-state index contributed by atoms with van der Waals surface area (Å²) in [5.74, 6) is -4.85. The van der Waals surface area contributed by atoms with Crippen LogP contribution >= 0.6 is 0 Å². The summed E-state index contributed by atoms with van der Waals surface area (Å²) in [5.41, 5.74) is -1.17. The molecular weight excluding hydrogens is 195 g/mol. The Balaban J connectivity index is 3.15. The number of nitrogens with zero attached hydrogens (tertiary/aromatic N) is 2. The molecule has 0 saturated carbocycles. The van der Waals surface area contributed by atoms with E-state index in [4.69, 9.17) is 0 Å². The SMILES string of the molecule is Cn1cncc1C(F)(F)C(F)(F)F. The first-order chi connectivity index (χ1) is 5.77. The summed E-state index contributed by atoms with van der Waals surface area (Å²) in [6, 6.07) is 0. The van der Waals surface area contributed by atoms with Crippen molar-refractivity contribution in [1.82, 2.24) is 9.55 Å². The molecule has 74 valence electrons. The van der Waals surface area contributed by atoms with Gasteiger partial charge in [0.1, 0.15) is 5.69 Å². The molecule has 1 aromatic rings. The molecular formula is C6H5F5N2. The Bertz CT molecular complexity index is 300. The average molecular weight is 200 g/mol. The fourth-order valence-electron chi connectivity index (χ4n) is 0.805. The normalized spacial score (nSPS) is 13.4. The molecule has 2 nitrogen and oxygen atoms in total. The van der Waals surface area contributed by atoms with Crippen LogP contribution in [0.15, 0.2) is 12.5 Å². The molecule has 0 amide bonds. The fraction of sp³-hybridized carbons (Fsp3) is 0.500. The van der Waals surface area contributed by atoms with E-state index >= 15 is 0 Å². The maximum atomic E-state index is 12.6. The third-order valence-electron chi connectivity index (χ3n) is 1.49. The van der Waals surface area contributed by atoms with Crippen molar-refractivity contribution in [3.63, 3.8) is 0 Å². The van der Waals surface area contributed by atoms with E-state index in [0.29, 0.717) is 10.8 Å². The number of aryl methyl sites for hydroxylation is 1. The van der Waals surface area contributed by atoms with Crippen LogP contribution in [0.1, 0.15) is 5.69 Å². The van der Waals surface area contributed by atoms with Crippen LogP contribution in [0.2, 0.25) is 0 Å². The van der Waals surface area contributed by atoms with Gasteiger partial charge in [0.2, 0.25) is 0 Å². The van der Waals surface area contributed by atoms with Gasteiger partial charge in [0.25, 0.3) is 0 Å². The molecule has 0 spiro atoms. The molecule has 13 heavy (non-hydrogen) atoms. The predicted octanol–water partition coefficient (Wildman–Crippen LogP) is 2.07. The molecule has 1 rings (SSSR count). The van der Waals surface area contributed by atoms with Crippen molar-refractivity contribution in [2.75, 3.05) is 0 Å². The van der Waals surface area contributed by atoms with E-state index in [1.165, 1.54) is 0 Å². The maximum absolute atomic E-state index is 12.6. The van der Waals surface area contributed by atoms with Gasteiger partial charge in [-0.25, -0.2) is 4.98 Å². The van der Waals surface area contributed by atoms with Gasteiger partial charge in [-0.3, -0.25) is 0 Å². The lowest BCUT2D eigenvalue weighted by atomic mass is 10.2. The van der Waals surface area contributed by atoms with Gasteiger partial charge >= 0.3 is 12.1 Å². The quantitative estimate of drug-likeness (QED) is 0.634. The number of imidazole rings is 1. The first kappa shape index (κ1) is 9.94. The standard InChI is InChI=1S/C6H5F5N2/c1-13-3-12-2-4(13)5(7,8)6(9,10)11/h2-3H,1H3. The second-order valence-corrected chi connectivity index (χ2v) is 2.46. The van der Waals surface area contributed by atoms with Gasteiger partial charge in [-0.2, -0.15) is 22.0 Å². The molecule has 1 heterocycles. The van der Waals surface area contributed by atoms with Gasteiger partial charge in [0, 0.05) is 7.05 Å². The van der Waals surface area contributed by atoms with Crippen molar-refractivity contribution in [2.24, 2.45) is 7.05 Å². The van der Waals surface area contributed by atoms with Gasteiger partial charge < -0.3 is 4.57 Å². The van der Waals surface area contributed by atoms with Crippen LogP contribution in [0.5, 0.6) is 0 Å². The van der Waals surface area contributed by atoms with E-state index in [1.54, 1.807) is 0 Å². The van der Waals surface area contributed by atoms with Crippen LogP contribution in [0, 0.1) is 0 Å². The molecule has 0 bridgehead atoms. The van der Waals surface area contributed by atoms with Gasteiger partial charge in [-0.1, -0.05) is 0 Å². The van der Waals surface area contributed by atoms with Crippen LogP contribution in [-0.2, 0) is 13.0 Å². The predicted molar refractivity (Wildman–Crippen MR) is 33.2 cm³/mol. The molecule has 0 aliphatic rings. The Labute approximate surface area is 70.0 Å². The zero-order valence-corrected chi connectivity index (χ0v) is 6.44. The summed E-state index contributed by atoms with van der Waals surface area (Å²) in [5, 5.41) is 0.